The van der Waals surface area contributed by atoms with Gasteiger partial charge in [0, 0.05) is 12.6 Å². The molecule has 0 unspecified atom stereocenters. The van der Waals surface area contributed by atoms with Crippen molar-refractivity contribution in [1.82, 2.24) is 4.90 Å². The van der Waals surface area contributed by atoms with Gasteiger partial charge in [-0.1, -0.05) is 0 Å². The third kappa shape index (κ3) is 4.62. The molecule has 0 aromatic heterocycles. The van der Waals surface area contributed by atoms with Gasteiger partial charge in [0.1, 0.15) is 5.75 Å². The third-order valence-electron chi connectivity index (χ3n) is 2.75. The number of carbonyl (C=O) groups excluding carboxylic acids is 1. The van der Waals surface area contributed by atoms with Crippen molar-refractivity contribution < 1.29 is 9.53 Å². The lowest BCUT2D eigenvalue weighted by atomic mass is 10.2. The standard InChI is InChI=1S/C15H17N3O2/c1-12(2)18(9-3-8-16)15(19)11-20-14-6-4-13(10-17)5-7-14/h4-7,12H,3,9,11H2,1-2H3. The smallest absolute Gasteiger partial charge is 0.260 e. The van der Waals surface area contributed by atoms with Crippen LogP contribution in [0.2, 0.25) is 0 Å². The highest BCUT2D eigenvalue weighted by Crippen LogP contribution is 2.12. The maximum atomic E-state index is 12.0. The molecule has 0 radical (unpaired) electrons. The highest BCUT2D eigenvalue weighted by molar-refractivity contribution is 5.78. The molecular formula is C15H17N3O2. The molecule has 0 saturated carbocycles. The minimum absolute atomic E-state index is 0.0282. The second-order valence-corrected chi connectivity index (χ2v) is 4.51. The maximum absolute atomic E-state index is 12.0. The normalized spacial score (nSPS) is 9.65. The predicted octanol–water partition coefficient (Wildman–Crippen LogP) is 2.09. The van der Waals surface area contributed by atoms with Crippen molar-refractivity contribution in [2.45, 2.75) is 26.3 Å². The number of benzene rings is 1. The molecular weight excluding hydrogens is 254 g/mol. The first-order valence-electron chi connectivity index (χ1n) is 6.38. The van der Waals surface area contributed by atoms with Crippen LogP contribution >= 0.6 is 0 Å². The average Bonchev–Trinajstić information content (AvgIpc) is 2.45. The first-order chi connectivity index (χ1) is 9.58. The van der Waals surface area contributed by atoms with Gasteiger partial charge >= 0.3 is 0 Å². The van der Waals surface area contributed by atoms with Crippen molar-refractivity contribution in [2.75, 3.05) is 13.2 Å². The first kappa shape index (κ1) is 15.5. The molecule has 1 aromatic carbocycles. The number of ether oxygens (including phenoxy) is 1. The van der Waals surface area contributed by atoms with Gasteiger partial charge in [0.25, 0.3) is 5.91 Å². The fraction of sp³-hybridized carbons (Fsp3) is 0.400. The molecule has 104 valence electrons. The molecule has 0 spiro atoms. The van der Waals surface area contributed by atoms with E-state index in [1.807, 2.05) is 26.0 Å². The number of hydrogen-bond acceptors (Lipinski definition) is 4. The topological polar surface area (TPSA) is 77.1 Å². The summed E-state index contributed by atoms with van der Waals surface area (Å²) in [5.41, 5.74) is 0.543. The van der Waals surface area contributed by atoms with Gasteiger partial charge in [-0.2, -0.15) is 10.5 Å². The monoisotopic (exact) mass is 271 g/mol. The summed E-state index contributed by atoms with van der Waals surface area (Å²) in [6, 6.07) is 10.6. The molecule has 0 heterocycles. The van der Waals surface area contributed by atoms with E-state index >= 15 is 0 Å². The molecule has 0 aliphatic rings. The van der Waals surface area contributed by atoms with Gasteiger partial charge in [-0.15, -0.1) is 0 Å². The lowest BCUT2D eigenvalue weighted by molar-refractivity contribution is -0.135. The zero-order valence-electron chi connectivity index (χ0n) is 11.7. The van der Waals surface area contributed by atoms with E-state index in [1.165, 1.54) is 0 Å². The Balaban J connectivity index is 2.56. The van der Waals surface area contributed by atoms with Gasteiger partial charge in [-0.3, -0.25) is 4.79 Å². The van der Waals surface area contributed by atoms with Crippen LogP contribution in [0.3, 0.4) is 0 Å². The van der Waals surface area contributed by atoms with E-state index in [9.17, 15) is 4.79 Å². The number of nitriles is 2. The van der Waals surface area contributed by atoms with Crippen LogP contribution in [0, 0.1) is 22.7 Å². The summed E-state index contributed by atoms with van der Waals surface area (Å²) < 4.78 is 5.39. The van der Waals surface area contributed by atoms with Crippen molar-refractivity contribution in [3.63, 3.8) is 0 Å². The van der Waals surface area contributed by atoms with E-state index in [-0.39, 0.29) is 18.6 Å². The van der Waals surface area contributed by atoms with Gasteiger partial charge < -0.3 is 9.64 Å². The Morgan fingerprint density at radius 1 is 1.30 bits per heavy atom. The summed E-state index contributed by atoms with van der Waals surface area (Å²) in [5.74, 6) is 0.390. The Morgan fingerprint density at radius 3 is 2.45 bits per heavy atom. The Bertz CT molecular complexity index is 524. The zero-order valence-corrected chi connectivity index (χ0v) is 11.7. The molecule has 0 saturated heterocycles. The molecule has 5 heteroatoms. The lowest BCUT2D eigenvalue weighted by Gasteiger charge is -2.25. The minimum atomic E-state index is -0.153. The number of hydrogen-bond donors (Lipinski definition) is 0. The average molecular weight is 271 g/mol. The summed E-state index contributed by atoms with van der Waals surface area (Å²) in [5, 5.41) is 17.3. The van der Waals surface area contributed by atoms with Crippen LogP contribution in [-0.4, -0.2) is 30.0 Å². The molecule has 0 bridgehead atoms. The summed E-state index contributed by atoms with van der Waals surface area (Å²) in [6.45, 7) is 4.13. The van der Waals surface area contributed by atoms with E-state index < -0.39 is 0 Å². The van der Waals surface area contributed by atoms with Crippen LogP contribution in [0.15, 0.2) is 24.3 Å². The van der Waals surface area contributed by atoms with Crippen molar-refractivity contribution >= 4 is 5.91 Å². The Labute approximate surface area is 119 Å². The number of carbonyl (C=O) groups is 1. The van der Waals surface area contributed by atoms with Gasteiger partial charge in [-0.05, 0) is 38.1 Å². The molecule has 1 aromatic rings. The van der Waals surface area contributed by atoms with E-state index in [2.05, 4.69) is 0 Å². The summed E-state index contributed by atoms with van der Waals surface area (Å²) in [6.07, 6.45) is 0.306. The van der Waals surface area contributed by atoms with Crippen LogP contribution in [0.4, 0.5) is 0 Å². The van der Waals surface area contributed by atoms with Crippen molar-refractivity contribution in [1.29, 1.82) is 10.5 Å². The third-order valence-corrected chi connectivity index (χ3v) is 2.75. The van der Waals surface area contributed by atoms with E-state index in [0.717, 1.165) is 0 Å². The van der Waals surface area contributed by atoms with E-state index in [4.69, 9.17) is 15.3 Å². The summed E-state index contributed by atoms with van der Waals surface area (Å²) >= 11 is 0. The molecule has 0 aliphatic heterocycles. The van der Waals surface area contributed by atoms with Crippen LogP contribution in [0.25, 0.3) is 0 Å². The molecule has 1 amide bonds. The van der Waals surface area contributed by atoms with Gasteiger partial charge in [0.2, 0.25) is 0 Å². The second-order valence-electron chi connectivity index (χ2n) is 4.51. The van der Waals surface area contributed by atoms with Crippen LogP contribution in [-0.2, 0) is 4.79 Å². The zero-order chi connectivity index (χ0) is 15.0. The molecule has 0 N–H and O–H groups in total. The Kier molecular flexibility index (Phi) is 6.06. The molecule has 1 rings (SSSR count). The predicted molar refractivity (Wildman–Crippen MR) is 73.7 cm³/mol. The highest BCUT2D eigenvalue weighted by Gasteiger charge is 2.16. The Hall–Kier alpha value is -2.53. The minimum Gasteiger partial charge on any atom is -0.484 e. The SMILES string of the molecule is CC(C)N(CCC#N)C(=O)COc1ccc(C#N)cc1. The van der Waals surface area contributed by atoms with Gasteiger partial charge in [0.15, 0.2) is 6.61 Å². The fourth-order valence-corrected chi connectivity index (χ4v) is 1.70. The van der Waals surface area contributed by atoms with Crippen LogP contribution < -0.4 is 4.74 Å². The number of amides is 1. The first-order valence-corrected chi connectivity index (χ1v) is 6.38. The summed E-state index contributed by atoms with van der Waals surface area (Å²) in [7, 11) is 0. The molecule has 0 fully saturated rings. The van der Waals surface area contributed by atoms with Crippen molar-refractivity contribution in [3.05, 3.63) is 29.8 Å². The number of nitrogens with zero attached hydrogens (tertiary/aromatic N) is 3. The van der Waals surface area contributed by atoms with E-state index in [1.54, 1.807) is 29.2 Å². The van der Waals surface area contributed by atoms with Crippen LogP contribution in [0.1, 0.15) is 25.8 Å². The largest absolute Gasteiger partial charge is 0.484 e. The quantitative estimate of drug-likeness (QED) is 0.793. The van der Waals surface area contributed by atoms with E-state index in [0.29, 0.717) is 24.3 Å². The fourth-order valence-electron chi connectivity index (χ4n) is 1.70. The lowest BCUT2D eigenvalue weighted by Crippen LogP contribution is -2.40. The number of rotatable bonds is 6. The second kappa shape index (κ2) is 7.81. The van der Waals surface area contributed by atoms with Crippen LogP contribution in [0.5, 0.6) is 5.75 Å². The van der Waals surface area contributed by atoms with Gasteiger partial charge in [0.05, 0.1) is 24.1 Å². The Morgan fingerprint density at radius 2 is 1.95 bits per heavy atom. The maximum Gasteiger partial charge on any atom is 0.260 e. The highest BCUT2D eigenvalue weighted by atomic mass is 16.5. The van der Waals surface area contributed by atoms with Crippen molar-refractivity contribution in [2.24, 2.45) is 0 Å². The van der Waals surface area contributed by atoms with Gasteiger partial charge in [-0.25, -0.2) is 0 Å². The molecule has 0 aliphatic carbocycles. The van der Waals surface area contributed by atoms with Crippen molar-refractivity contribution in [3.8, 4) is 17.9 Å². The molecule has 20 heavy (non-hydrogen) atoms. The molecule has 5 nitrogen and oxygen atoms in total. The molecule has 0 atom stereocenters. The summed E-state index contributed by atoms with van der Waals surface area (Å²) in [4.78, 5) is 13.6.